The van der Waals surface area contributed by atoms with Crippen molar-refractivity contribution in [3.05, 3.63) is 181 Å². The second kappa shape index (κ2) is 11.3. The molecule has 1 heterocycles. The Morgan fingerprint density at radius 2 is 0.851 bits per heavy atom. The Bertz CT molecular complexity index is 3810. The summed E-state index contributed by atoms with van der Waals surface area (Å²) in [5, 5.41) is -3.59. The third kappa shape index (κ3) is 4.56. The molecule has 0 bridgehead atoms. The van der Waals surface area contributed by atoms with Gasteiger partial charge in [0.2, 0.25) is 0 Å². The molecule has 47 heavy (non-hydrogen) atoms. The van der Waals surface area contributed by atoms with Gasteiger partial charge in [-0.05, 0) is 49.4 Å². The van der Waals surface area contributed by atoms with Crippen molar-refractivity contribution in [1.82, 2.24) is 0 Å². The molecular formula is C46H30O. The summed E-state index contributed by atoms with van der Waals surface area (Å²) in [5.41, 5.74) is -5.87. The maximum absolute atomic E-state index is 9.57. The summed E-state index contributed by atoms with van der Waals surface area (Å²) < 4.78 is 232. The molecule has 0 saturated heterocycles. The van der Waals surface area contributed by atoms with Gasteiger partial charge in [0.05, 0.1) is 34.3 Å². The molecule has 0 N–H and O–H groups in total. The molecular weight excluding hydrogens is 569 g/mol. The van der Waals surface area contributed by atoms with E-state index in [1.807, 2.05) is 0 Å². The largest absolute Gasteiger partial charge is 0.455 e. The van der Waals surface area contributed by atoms with Gasteiger partial charge in [0.15, 0.2) is 0 Å². The Hall–Kier alpha value is -6.18. The van der Waals surface area contributed by atoms with Crippen molar-refractivity contribution in [3.8, 4) is 55.8 Å². The zero-order valence-electron chi connectivity index (χ0n) is 48.8. The first-order valence-electron chi connectivity index (χ1n) is 26.6. The van der Waals surface area contributed by atoms with Crippen LogP contribution in [0.3, 0.4) is 0 Å². The molecule has 1 nitrogen and oxygen atoms in total. The van der Waals surface area contributed by atoms with Crippen molar-refractivity contribution >= 4 is 32.5 Å². The van der Waals surface area contributed by atoms with Crippen LogP contribution in [0.1, 0.15) is 34.3 Å². The quantitative estimate of drug-likeness (QED) is 0.174. The van der Waals surface area contributed by atoms with Gasteiger partial charge in [0, 0.05) is 27.6 Å². The molecule has 220 valence electrons. The smallest absolute Gasteiger partial charge is 0.143 e. The minimum Gasteiger partial charge on any atom is -0.455 e. The van der Waals surface area contributed by atoms with Gasteiger partial charge < -0.3 is 4.42 Å². The lowest BCUT2D eigenvalue weighted by atomic mass is 9.84. The van der Waals surface area contributed by atoms with Crippen molar-refractivity contribution in [2.24, 2.45) is 0 Å². The number of para-hydroxylation sites is 1. The number of furan rings is 1. The van der Waals surface area contributed by atoms with Crippen LogP contribution >= 0.6 is 0 Å². The van der Waals surface area contributed by atoms with Gasteiger partial charge in [-0.15, -0.1) is 0 Å². The van der Waals surface area contributed by atoms with Gasteiger partial charge in [-0.25, -0.2) is 0 Å². The number of benzene rings is 8. The predicted molar refractivity (Wildman–Crippen MR) is 198 cm³/mol. The van der Waals surface area contributed by atoms with Gasteiger partial charge in [-0.2, -0.15) is 0 Å². The molecule has 0 atom stereocenters. The maximum atomic E-state index is 9.57. The molecule has 0 aliphatic heterocycles. The molecule has 0 unspecified atom stereocenters. The van der Waals surface area contributed by atoms with E-state index < -0.39 is 228 Å². The van der Waals surface area contributed by atoms with Crippen LogP contribution in [0.25, 0.3) is 88.3 Å². The first kappa shape index (κ1) is 11.9. The van der Waals surface area contributed by atoms with Crippen molar-refractivity contribution in [1.29, 1.82) is 0 Å². The molecule has 0 saturated carbocycles. The topological polar surface area (TPSA) is 13.1 Å². The standard InChI is InChI=1S/C46H30O/c1-4-15-31(16-5-1)32-27-29-35(30-28-32)45-44(41-26-14-25-36(46(41)47-45)33-17-6-2-7-18-33)43-39-23-12-10-21-37(39)42(34-19-8-3-9-20-34)38-22-11-13-24-40(38)43/h1-30H/i2D,3D,6D,7D,8D,9D,10D,11D,12D,13D,14D,17D,18D,19D,20D,21D,22D,23D,24D,25D,26D,27D,28D,29D,30D. The van der Waals surface area contributed by atoms with E-state index >= 15 is 0 Å². The van der Waals surface area contributed by atoms with E-state index in [1.54, 1.807) is 18.2 Å². The van der Waals surface area contributed by atoms with Gasteiger partial charge in [-0.3, -0.25) is 0 Å². The van der Waals surface area contributed by atoms with Crippen LogP contribution < -0.4 is 0 Å². The monoisotopic (exact) mass is 623 g/mol. The minimum atomic E-state index is -1.01. The summed E-state index contributed by atoms with van der Waals surface area (Å²) in [5.74, 6) is -0.841. The van der Waals surface area contributed by atoms with E-state index in [2.05, 4.69) is 0 Å². The van der Waals surface area contributed by atoms with Crippen LogP contribution in [0.15, 0.2) is 186 Å². The average molecular weight is 624 g/mol. The van der Waals surface area contributed by atoms with Crippen molar-refractivity contribution in [2.45, 2.75) is 0 Å². The molecule has 1 heteroatoms. The van der Waals surface area contributed by atoms with Gasteiger partial charge >= 0.3 is 0 Å². The first-order valence-corrected chi connectivity index (χ1v) is 14.1. The lowest BCUT2D eigenvalue weighted by Gasteiger charge is -2.18. The number of hydrogen-bond acceptors (Lipinski definition) is 1. The van der Waals surface area contributed by atoms with Crippen LogP contribution in [0, 0.1) is 0 Å². The Morgan fingerprint density at radius 1 is 0.340 bits per heavy atom. The summed E-state index contributed by atoms with van der Waals surface area (Å²) in [7, 11) is 0. The third-order valence-electron chi connectivity index (χ3n) is 7.55. The minimum absolute atomic E-state index is 0.211. The van der Waals surface area contributed by atoms with E-state index in [1.165, 1.54) is 12.1 Å². The Balaban J connectivity index is 1.69. The molecule has 0 amide bonds. The molecule has 9 rings (SSSR count). The average Bonchev–Trinajstić information content (AvgIpc) is 3.74. The highest BCUT2D eigenvalue weighted by Gasteiger charge is 2.25. The highest BCUT2D eigenvalue weighted by Crippen LogP contribution is 2.50. The van der Waals surface area contributed by atoms with Crippen LogP contribution in [-0.4, -0.2) is 0 Å². The van der Waals surface area contributed by atoms with Gasteiger partial charge in [0.1, 0.15) is 11.3 Å². The van der Waals surface area contributed by atoms with E-state index in [9.17, 15) is 15.1 Å². The molecule has 1 aromatic heterocycles. The van der Waals surface area contributed by atoms with E-state index in [4.69, 9.17) is 23.6 Å². The zero-order chi connectivity index (χ0) is 52.9. The van der Waals surface area contributed by atoms with Crippen molar-refractivity contribution in [2.75, 3.05) is 0 Å². The maximum Gasteiger partial charge on any atom is 0.143 e. The summed E-state index contributed by atoms with van der Waals surface area (Å²) in [6.45, 7) is 0. The lowest BCUT2D eigenvalue weighted by molar-refractivity contribution is 0.633. The zero-order valence-corrected chi connectivity index (χ0v) is 23.8. The molecule has 0 spiro atoms. The summed E-state index contributed by atoms with van der Waals surface area (Å²) in [6.07, 6.45) is 0. The molecule has 0 aliphatic carbocycles. The third-order valence-corrected chi connectivity index (χ3v) is 7.55. The SMILES string of the molecule is [2H]c1c([2H])c([2H])c(-c2c([2H])c([2H])c([2H])c3c(-c4c5c([2H])c([2H])c([2H])c([2H])c5c(-c5c([2H])c([2H])c([2H])c([2H])c5[2H])c5c([2H])c([2H])c([2H])c([2H])c45)c(-c4c([2H])c([2H])c(-c5ccccc5)c([2H])c4[2H])oc23)c([2H])c1[2H]. The second-order valence-corrected chi connectivity index (χ2v) is 10.1. The van der Waals surface area contributed by atoms with E-state index in [0.29, 0.717) is 0 Å². The summed E-state index contributed by atoms with van der Waals surface area (Å²) in [4.78, 5) is 0. The van der Waals surface area contributed by atoms with Crippen LogP contribution in [-0.2, 0) is 0 Å². The summed E-state index contributed by atoms with van der Waals surface area (Å²) in [6, 6.07) is -15.2. The van der Waals surface area contributed by atoms with Crippen molar-refractivity contribution in [3.63, 3.8) is 0 Å². The fourth-order valence-electron chi connectivity index (χ4n) is 5.58. The first-order chi connectivity index (χ1) is 33.7. The van der Waals surface area contributed by atoms with Crippen LogP contribution in [0.2, 0.25) is 0 Å². The fourth-order valence-corrected chi connectivity index (χ4v) is 5.58. The number of rotatable bonds is 5. The highest BCUT2D eigenvalue weighted by molar-refractivity contribution is 6.25. The van der Waals surface area contributed by atoms with Crippen LogP contribution in [0.4, 0.5) is 0 Å². The van der Waals surface area contributed by atoms with Gasteiger partial charge in [-0.1, -0.05) is 181 Å². The Kier molecular flexibility index (Phi) is 2.86. The van der Waals surface area contributed by atoms with Gasteiger partial charge in [0.25, 0.3) is 0 Å². The molecule has 0 aliphatic rings. The Morgan fingerprint density at radius 3 is 1.47 bits per heavy atom. The fraction of sp³-hybridized carbons (Fsp3) is 0. The Labute approximate surface area is 309 Å². The van der Waals surface area contributed by atoms with Crippen LogP contribution in [0.5, 0.6) is 0 Å². The second-order valence-electron chi connectivity index (χ2n) is 10.1. The normalized spacial score (nSPS) is 18.9. The number of fused-ring (bicyclic) bond motifs is 3. The molecule has 8 aromatic carbocycles. The van der Waals surface area contributed by atoms with E-state index in [0.717, 1.165) is 0 Å². The molecule has 9 aromatic rings. The molecule has 0 fully saturated rings. The highest BCUT2D eigenvalue weighted by atomic mass is 16.3. The van der Waals surface area contributed by atoms with E-state index in [-0.39, 0.29) is 11.1 Å². The summed E-state index contributed by atoms with van der Waals surface area (Å²) >= 11 is 0. The van der Waals surface area contributed by atoms with Crippen molar-refractivity contribution < 1.29 is 38.7 Å². The lowest BCUT2D eigenvalue weighted by Crippen LogP contribution is -1.91. The molecule has 0 radical (unpaired) electrons. The number of hydrogen-bond donors (Lipinski definition) is 0. The predicted octanol–water partition coefficient (Wildman–Crippen LogP) is 13.1.